The average molecular weight is 346 g/mol. The van der Waals surface area contributed by atoms with E-state index in [0.29, 0.717) is 17.2 Å². The SMILES string of the molecule is Cc1oc(C)c(C(=O)NC2CCN(C(=O)C3CCCCC3)CC2)c1C. The van der Waals surface area contributed by atoms with Crippen molar-refractivity contribution >= 4 is 11.8 Å². The fourth-order valence-corrected chi connectivity index (χ4v) is 4.24. The number of nitrogens with one attached hydrogen (secondary N) is 1. The topological polar surface area (TPSA) is 62.6 Å². The molecule has 5 nitrogen and oxygen atoms in total. The normalized spacial score (nSPS) is 19.9. The third-order valence-electron chi connectivity index (χ3n) is 5.88. The van der Waals surface area contributed by atoms with E-state index < -0.39 is 0 Å². The molecule has 0 radical (unpaired) electrons. The van der Waals surface area contributed by atoms with Crippen molar-refractivity contribution in [2.45, 2.75) is 71.8 Å². The van der Waals surface area contributed by atoms with Crippen LogP contribution in [0.3, 0.4) is 0 Å². The molecule has 138 valence electrons. The lowest BCUT2D eigenvalue weighted by Gasteiger charge is -2.35. The standard InChI is InChI=1S/C20H30N2O3/c1-13-14(2)25-15(3)18(13)19(23)21-17-9-11-22(12-10-17)20(24)16-7-5-4-6-8-16/h16-17H,4-12H2,1-3H3,(H,21,23). The van der Waals surface area contributed by atoms with Gasteiger partial charge in [-0.2, -0.15) is 0 Å². The molecule has 1 aromatic rings. The van der Waals surface area contributed by atoms with Crippen LogP contribution in [0.4, 0.5) is 0 Å². The predicted octanol–water partition coefficient (Wildman–Crippen LogP) is 3.51. The highest BCUT2D eigenvalue weighted by Gasteiger charge is 2.30. The molecule has 2 amide bonds. The van der Waals surface area contributed by atoms with Crippen LogP contribution in [0.15, 0.2) is 4.42 Å². The minimum absolute atomic E-state index is 0.0519. The maximum Gasteiger partial charge on any atom is 0.255 e. The molecule has 0 unspecified atom stereocenters. The largest absolute Gasteiger partial charge is 0.466 e. The van der Waals surface area contributed by atoms with E-state index in [1.165, 1.54) is 19.3 Å². The lowest BCUT2D eigenvalue weighted by atomic mass is 9.87. The van der Waals surface area contributed by atoms with Crippen LogP contribution >= 0.6 is 0 Å². The summed E-state index contributed by atoms with van der Waals surface area (Å²) in [5, 5.41) is 3.13. The van der Waals surface area contributed by atoms with Gasteiger partial charge < -0.3 is 14.6 Å². The van der Waals surface area contributed by atoms with Gasteiger partial charge in [0.25, 0.3) is 5.91 Å². The molecule has 0 spiro atoms. The number of hydrogen-bond donors (Lipinski definition) is 1. The van der Waals surface area contributed by atoms with Gasteiger partial charge in [-0.3, -0.25) is 9.59 Å². The summed E-state index contributed by atoms with van der Waals surface area (Å²) < 4.78 is 5.56. The molecule has 1 saturated heterocycles. The highest BCUT2D eigenvalue weighted by atomic mass is 16.3. The maximum absolute atomic E-state index is 12.6. The number of rotatable bonds is 3. The van der Waals surface area contributed by atoms with E-state index in [4.69, 9.17) is 4.42 Å². The molecule has 2 fully saturated rings. The summed E-state index contributed by atoms with van der Waals surface area (Å²) in [5.74, 6) is 2.00. The third-order valence-corrected chi connectivity index (χ3v) is 5.88. The van der Waals surface area contributed by atoms with Gasteiger partial charge in [0, 0.05) is 30.6 Å². The molecule has 25 heavy (non-hydrogen) atoms. The minimum atomic E-state index is -0.0519. The van der Waals surface area contributed by atoms with Crippen molar-refractivity contribution in [3.8, 4) is 0 Å². The number of nitrogens with zero attached hydrogens (tertiary/aromatic N) is 1. The van der Waals surface area contributed by atoms with Crippen LogP contribution in [0.1, 0.15) is 72.4 Å². The van der Waals surface area contributed by atoms with Crippen molar-refractivity contribution in [3.63, 3.8) is 0 Å². The molecule has 1 aliphatic carbocycles. The quantitative estimate of drug-likeness (QED) is 0.911. The van der Waals surface area contributed by atoms with E-state index >= 15 is 0 Å². The third kappa shape index (κ3) is 3.91. The molecule has 5 heteroatoms. The molecule has 0 atom stereocenters. The number of likely N-dealkylation sites (tertiary alicyclic amines) is 1. The van der Waals surface area contributed by atoms with Crippen LogP contribution in [-0.4, -0.2) is 35.8 Å². The number of aryl methyl sites for hydroxylation is 2. The molecule has 1 aliphatic heterocycles. The molecular weight excluding hydrogens is 316 g/mol. The zero-order chi connectivity index (χ0) is 18.0. The van der Waals surface area contributed by atoms with Crippen molar-refractivity contribution in [1.29, 1.82) is 0 Å². The van der Waals surface area contributed by atoms with Gasteiger partial charge >= 0.3 is 0 Å². The zero-order valence-electron chi connectivity index (χ0n) is 15.7. The minimum Gasteiger partial charge on any atom is -0.466 e. The van der Waals surface area contributed by atoms with Crippen LogP contribution in [-0.2, 0) is 4.79 Å². The highest BCUT2D eigenvalue weighted by Crippen LogP contribution is 2.27. The van der Waals surface area contributed by atoms with Gasteiger partial charge in [0.1, 0.15) is 11.5 Å². The van der Waals surface area contributed by atoms with Gasteiger partial charge in [-0.25, -0.2) is 0 Å². The highest BCUT2D eigenvalue weighted by molar-refractivity contribution is 5.97. The van der Waals surface area contributed by atoms with E-state index in [1.807, 2.05) is 25.7 Å². The number of amides is 2. The van der Waals surface area contributed by atoms with Crippen molar-refractivity contribution in [2.24, 2.45) is 5.92 Å². The van der Waals surface area contributed by atoms with Gasteiger partial charge in [0.05, 0.1) is 5.56 Å². The van der Waals surface area contributed by atoms with Crippen LogP contribution in [0, 0.1) is 26.7 Å². The Bertz CT molecular complexity index is 636. The second-order valence-corrected chi connectivity index (χ2v) is 7.62. The fraction of sp³-hybridized carbons (Fsp3) is 0.700. The molecule has 0 bridgehead atoms. The van der Waals surface area contributed by atoms with E-state index in [-0.39, 0.29) is 17.9 Å². The number of piperidine rings is 1. The maximum atomic E-state index is 12.6. The van der Waals surface area contributed by atoms with Gasteiger partial charge in [-0.15, -0.1) is 0 Å². The molecule has 0 aromatic carbocycles. The number of furan rings is 1. The Morgan fingerprint density at radius 1 is 0.960 bits per heavy atom. The van der Waals surface area contributed by atoms with Crippen LogP contribution in [0.5, 0.6) is 0 Å². The summed E-state index contributed by atoms with van der Waals surface area (Å²) in [5.41, 5.74) is 1.58. The first-order valence-electron chi connectivity index (χ1n) is 9.63. The van der Waals surface area contributed by atoms with Crippen molar-refractivity contribution < 1.29 is 14.0 Å². The summed E-state index contributed by atoms with van der Waals surface area (Å²) in [6, 6.07) is 0.136. The van der Waals surface area contributed by atoms with Crippen molar-refractivity contribution in [2.75, 3.05) is 13.1 Å². The average Bonchev–Trinajstić information content (AvgIpc) is 2.88. The van der Waals surface area contributed by atoms with Crippen molar-refractivity contribution in [1.82, 2.24) is 10.2 Å². The van der Waals surface area contributed by atoms with E-state index in [9.17, 15) is 9.59 Å². The first-order valence-corrected chi connectivity index (χ1v) is 9.63. The second-order valence-electron chi connectivity index (χ2n) is 7.62. The van der Waals surface area contributed by atoms with E-state index in [1.54, 1.807) is 0 Å². The summed E-state index contributed by atoms with van der Waals surface area (Å²) in [7, 11) is 0. The summed E-state index contributed by atoms with van der Waals surface area (Å²) in [6.45, 7) is 7.15. The summed E-state index contributed by atoms with van der Waals surface area (Å²) >= 11 is 0. The number of carbonyl (C=O) groups excluding carboxylic acids is 2. The Morgan fingerprint density at radius 2 is 1.60 bits per heavy atom. The Morgan fingerprint density at radius 3 is 2.16 bits per heavy atom. The molecule has 1 N–H and O–H groups in total. The molecule has 2 heterocycles. The predicted molar refractivity (Wildman–Crippen MR) is 96.6 cm³/mol. The first kappa shape index (κ1) is 18.0. The fourth-order valence-electron chi connectivity index (χ4n) is 4.24. The van der Waals surface area contributed by atoms with Gasteiger partial charge in [0.2, 0.25) is 5.91 Å². The van der Waals surface area contributed by atoms with E-state index in [2.05, 4.69) is 5.32 Å². The molecule has 2 aliphatic rings. The number of hydrogen-bond acceptors (Lipinski definition) is 3. The molecule has 1 aromatic heterocycles. The van der Waals surface area contributed by atoms with Gasteiger partial charge in [0.15, 0.2) is 0 Å². The van der Waals surface area contributed by atoms with Crippen LogP contribution < -0.4 is 5.32 Å². The lowest BCUT2D eigenvalue weighted by Crippen LogP contribution is -2.48. The van der Waals surface area contributed by atoms with E-state index in [0.717, 1.165) is 50.1 Å². The van der Waals surface area contributed by atoms with Crippen LogP contribution in [0.25, 0.3) is 0 Å². The zero-order valence-corrected chi connectivity index (χ0v) is 15.7. The van der Waals surface area contributed by atoms with Crippen LogP contribution in [0.2, 0.25) is 0 Å². The van der Waals surface area contributed by atoms with Gasteiger partial charge in [-0.1, -0.05) is 19.3 Å². The Kier molecular flexibility index (Phi) is 5.50. The Hall–Kier alpha value is -1.78. The monoisotopic (exact) mass is 346 g/mol. The molecule has 3 rings (SSSR count). The van der Waals surface area contributed by atoms with Gasteiger partial charge in [-0.05, 0) is 46.5 Å². The first-order chi connectivity index (χ1) is 12.0. The summed E-state index contributed by atoms with van der Waals surface area (Å²) in [6.07, 6.45) is 7.40. The second kappa shape index (κ2) is 7.63. The molecule has 1 saturated carbocycles. The molecular formula is C20H30N2O3. The Balaban J connectivity index is 1.52. The summed E-state index contributed by atoms with van der Waals surface area (Å²) in [4.78, 5) is 27.2. The Labute approximate surface area is 150 Å². The lowest BCUT2D eigenvalue weighted by molar-refractivity contribution is -0.137. The number of carbonyl (C=O) groups is 2. The smallest absolute Gasteiger partial charge is 0.255 e. The van der Waals surface area contributed by atoms with Crippen molar-refractivity contribution in [3.05, 3.63) is 22.6 Å².